The van der Waals surface area contributed by atoms with Crippen LogP contribution in [0.15, 0.2) is 83.6 Å². The number of carbonyl (C=O) groups is 1. The Morgan fingerprint density at radius 2 is 1.66 bits per heavy atom. The summed E-state index contributed by atoms with van der Waals surface area (Å²) >= 11 is 7.32. The van der Waals surface area contributed by atoms with Crippen molar-refractivity contribution in [1.29, 1.82) is 0 Å². The number of nitrogens with zero attached hydrogens (tertiary/aromatic N) is 6. The summed E-state index contributed by atoms with van der Waals surface area (Å²) in [7, 11) is 0. The molecule has 4 aromatic rings. The highest BCUT2D eigenvalue weighted by molar-refractivity contribution is 7.99. The number of carbonyl (C=O) groups excluding carboxylic acids is 1. The third-order valence-electron chi connectivity index (χ3n) is 4.44. The lowest BCUT2D eigenvalue weighted by atomic mass is 10.2. The number of hydrogen-bond acceptors (Lipinski definition) is 7. The number of pyridine rings is 2. The summed E-state index contributed by atoms with van der Waals surface area (Å²) in [5, 5.41) is 14.0. The van der Waals surface area contributed by atoms with E-state index in [-0.39, 0.29) is 11.7 Å². The van der Waals surface area contributed by atoms with E-state index in [1.54, 1.807) is 36.9 Å². The lowest BCUT2D eigenvalue weighted by Crippen LogP contribution is -2.21. The van der Waals surface area contributed by atoms with Gasteiger partial charge in [-0.3, -0.25) is 19.3 Å². The average molecular weight is 464 g/mol. The molecule has 160 valence electrons. The molecule has 4 rings (SSSR count). The number of hydrazone groups is 1. The van der Waals surface area contributed by atoms with E-state index in [4.69, 9.17) is 11.6 Å². The van der Waals surface area contributed by atoms with E-state index >= 15 is 0 Å². The molecule has 1 N–H and O–H groups in total. The van der Waals surface area contributed by atoms with Crippen LogP contribution in [0.4, 0.5) is 0 Å². The van der Waals surface area contributed by atoms with E-state index < -0.39 is 0 Å². The number of halogens is 1. The van der Waals surface area contributed by atoms with Gasteiger partial charge in [0.2, 0.25) is 0 Å². The average Bonchev–Trinajstić information content (AvgIpc) is 3.27. The lowest BCUT2D eigenvalue weighted by Gasteiger charge is -2.10. The van der Waals surface area contributed by atoms with Crippen LogP contribution in [0.1, 0.15) is 12.5 Å². The van der Waals surface area contributed by atoms with Gasteiger partial charge in [0.25, 0.3) is 5.91 Å². The fourth-order valence-corrected chi connectivity index (χ4v) is 3.71. The molecule has 1 aromatic carbocycles. The van der Waals surface area contributed by atoms with Gasteiger partial charge < -0.3 is 0 Å². The van der Waals surface area contributed by atoms with E-state index in [0.717, 1.165) is 16.8 Å². The van der Waals surface area contributed by atoms with Crippen molar-refractivity contribution in [1.82, 2.24) is 30.2 Å². The zero-order valence-corrected chi connectivity index (χ0v) is 18.6. The van der Waals surface area contributed by atoms with Crippen LogP contribution < -0.4 is 5.43 Å². The molecule has 1 amide bonds. The monoisotopic (exact) mass is 463 g/mol. The van der Waals surface area contributed by atoms with Crippen LogP contribution in [0.2, 0.25) is 5.02 Å². The summed E-state index contributed by atoms with van der Waals surface area (Å²) in [5.41, 5.74) is 5.85. The standard InChI is InChI=1S/C22H18ClN7OS/c1-15(16-6-10-24-11-7-16)26-27-20(31)14-32-22-29-28-21(17-8-12-25-13-9-17)30(22)19-4-2-18(23)3-5-19/h2-13H,14H2,1H3,(H,27,31). The van der Waals surface area contributed by atoms with Gasteiger partial charge in [0, 0.05) is 46.6 Å². The van der Waals surface area contributed by atoms with Gasteiger partial charge in [-0.2, -0.15) is 5.10 Å². The summed E-state index contributed by atoms with van der Waals surface area (Å²) in [5.74, 6) is 0.513. The number of aromatic nitrogens is 5. The number of rotatable bonds is 7. The van der Waals surface area contributed by atoms with Crippen molar-refractivity contribution in [2.75, 3.05) is 5.75 Å². The topological polar surface area (TPSA) is 98.0 Å². The number of benzene rings is 1. The van der Waals surface area contributed by atoms with E-state index in [1.807, 2.05) is 47.9 Å². The van der Waals surface area contributed by atoms with Gasteiger partial charge >= 0.3 is 0 Å². The second-order valence-corrected chi connectivity index (χ2v) is 7.99. The van der Waals surface area contributed by atoms with Gasteiger partial charge in [-0.15, -0.1) is 10.2 Å². The van der Waals surface area contributed by atoms with Gasteiger partial charge in [0.05, 0.1) is 11.5 Å². The van der Waals surface area contributed by atoms with Crippen molar-refractivity contribution in [3.63, 3.8) is 0 Å². The molecule has 3 heterocycles. The van der Waals surface area contributed by atoms with Gasteiger partial charge in [0.15, 0.2) is 11.0 Å². The van der Waals surface area contributed by atoms with Crippen molar-refractivity contribution < 1.29 is 4.79 Å². The molecule has 0 unspecified atom stereocenters. The van der Waals surface area contributed by atoms with Crippen molar-refractivity contribution >= 4 is 35.0 Å². The number of hydrogen-bond donors (Lipinski definition) is 1. The third-order valence-corrected chi connectivity index (χ3v) is 5.62. The number of thioether (sulfide) groups is 1. The van der Waals surface area contributed by atoms with E-state index in [0.29, 0.717) is 21.7 Å². The lowest BCUT2D eigenvalue weighted by molar-refractivity contribution is -0.118. The highest BCUT2D eigenvalue weighted by atomic mass is 35.5. The Morgan fingerprint density at radius 3 is 2.34 bits per heavy atom. The largest absolute Gasteiger partial charge is 0.272 e. The Labute approximate surface area is 193 Å². The highest BCUT2D eigenvalue weighted by Crippen LogP contribution is 2.28. The first-order valence-electron chi connectivity index (χ1n) is 9.60. The predicted octanol–water partition coefficient (Wildman–Crippen LogP) is 4.01. The quantitative estimate of drug-likeness (QED) is 0.252. The molecule has 8 nitrogen and oxygen atoms in total. The first kappa shape index (κ1) is 21.7. The first-order chi connectivity index (χ1) is 15.6. The van der Waals surface area contributed by atoms with E-state index in [9.17, 15) is 4.79 Å². The van der Waals surface area contributed by atoms with Crippen LogP contribution in [0.25, 0.3) is 17.1 Å². The molecule has 0 fully saturated rings. The van der Waals surface area contributed by atoms with Gasteiger partial charge in [-0.1, -0.05) is 23.4 Å². The molecule has 0 radical (unpaired) electrons. The number of nitrogens with one attached hydrogen (secondary N) is 1. The fraction of sp³-hybridized carbons (Fsp3) is 0.0909. The van der Waals surface area contributed by atoms with Crippen molar-refractivity contribution in [3.8, 4) is 17.1 Å². The zero-order valence-electron chi connectivity index (χ0n) is 17.0. The van der Waals surface area contributed by atoms with Gasteiger partial charge in [-0.05, 0) is 55.5 Å². The summed E-state index contributed by atoms with van der Waals surface area (Å²) in [4.78, 5) is 20.4. The van der Waals surface area contributed by atoms with Gasteiger partial charge in [-0.25, -0.2) is 5.43 Å². The van der Waals surface area contributed by atoms with Crippen molar-refractivity contribution in [2.24, 2.45) is 5.10 Å². The fourth-order valence-electron chi connectivity index (χ4n) is 2.84. The van der Waals surface area contributed by atoms with Crippen molar-refractivity contribution in [2.45, 2.75) is 12.1 Å². The Kier molecular flexibility index (Phi) is 6.88. The first-order valence-corrected chi connectivity index (χ1v) is 11.0. The molecule has 0 aliphatic heterocycles. The normalized spacial score (nSPS) is 11.4. The van der Waals surface area contributed by atoms with Crippen LogP contribution in [-0.2, 0) is 4.79 Å². The van der Waals surface area contributed by atoms with Gasteiger partial charge in [0.1, 0.15) is 0 Å². The minimum atomic E-state index is -0.250. The molecule has 0 aliphatic rings. The van der Waals surface area contributed by atoms with Crippen LogP contribution in [0.3, 0.4) is 0 Å². The second-order valence-electron chi connectivity index (χ2n) is 6.61. The summed E-state index contributed by atoms with van der Waals surface area (Å²) in [6.07, 6.45) is 6.74. The molecule has 3 aromatic heterocycles. The molecule has 0 atom stereocenters. The molecular weight excluding hydrogens is 446 g/mol. The second kappa shape index (κ2) is 10.2. The molecule has 0 saturated heterocycles. The molecule has 0 bridgehead atoms. The Hall–Kier alpha value is -3.56. The maximum absolute atomic E-state index is 12.4. The molecule has 0 spiro atoms. The summed E-state index contributed by atoms with van der Waals surface area (Å²) < 4.78 is 1.88. The summed E-state index contributed by atoms with van der Waals surface area (Å²) in [6.45, 7) is 1.82. The molecule has 0 aliphatic carbocycles. The summed E-state index contributed by atoms with van der Waals surface area (Å²) in [6, 6.07) is 14.7. The molecule has 10 heteroatoms. The third kappa shape index (κ3) is 5.19. The molecule has 32 heavy (non-hydrogen) atoms. The van der Waals surface area contributed by atoms with Crippen LogP contribution >= 0.6 is 23.4 Å². The van der Waals surface area contributed by atoms with Crippen LogP contribution in [-0.4, -0.2) is 42.1 Å². The van der Waals surface area contributed by atoms with Crippen LogP contribution in [0.5, 0.6) is 0 Å². The minimum Gasteiger partial charge on any atom is -0.272 e. The minimum absolute atomic E-state index is 0.120. The smallest absolute Gasteiger partial charge is 0.250 e. The zero-order chi connectivity index (χ0) is 22.3. The highest BCUT2D eigenvalue weighted by Gasteiger charge is 2.17. The Bertz CT molecular complexity index is 1230. The van der Waals surface area contributed by atoms with E-state index in [2.05, 4.69) is 30.7 Å². The van der Waals surface area contributed by atoms with E-state index in [1.165, 1.54) is 11.8 Å². The predicted molar refractivity (Wildman–Crippen MR) is 125 cm³/mol. The van der Waals surface area contributed by atoms with Crippen LogP contribution in [0, 0.1) is 0 Å². The Morgan fingerprint density at radius 1 is 1.00 bits per heavy atom. The SMILES string of the molecule is CC(=NNC(=O)CSc1nnc(-c2ccncc2)n1-c1ccc(Cl)cc1)c1ccncc1. The van der Waals surface area contributed by atoms with Crippen molar-refractivity contribution in [3.05, 3.63) is 83.9 Å². The maximum Gasteiger partial charge on any atom is 0.250 e. The molecular formula is C22H18ClN7OS. The maximum atomic E-state index is 12.4. The Balaban J connectivity index is 1.53. The number of amides is 1. The molecule has 0 saturated carbocycles.